The zero-order chi connectivity index (χ0) is 12.5. The lowest BCUT2D eigenvalue weighted by Crippen LogP contribution is -2.14. The number of aromatic nitrogens is 1. The molecule has 1 aromatic heterocycles. The summed E-state index contributed by atoms with van der Waals surface area (Å²) in [6.45, 7) is 2.14. The summed E-state index contributed by atoms with van der Waals surface area (Å²) in [5.74, 6) is 0.358. The number of hydrogen-bond donors (Lipinski definition) is 1. The van der Waals surface area contributed by atoms with Crippen LogP contribution in [0.4, 0.5) is 5.69 Å². The first-order valence-corrected chi connectivity index (χ1v) is 7.39. The van der Waals surface area contributed by atoms with Gasteiger partial charge in [-0.3, -0.25) is 0 Å². The molecule has 0 atom stereocenters. The predicted molar refractivity (Wildman–Crippen MR) is 70.7 cm³/mol. The van der Waals surface area contributed by atoms with E-state index in [1.807, 2.05) is 35.0 Å². The highest BCUT2D eigenvalue weighted by Gasteiger charge is 2.08. The molecule has 0 spiro atoms. The van der Waals surface area contributed by atoms with Crippen LogP contribution >= 0.6 is 0 Å². The second kappa shape index (κ2) is 4.41. The molecule has 2 aromatic rings. The van der Waals surface area contributed by atoms with E-state index in [0.29, 0.717) is 12.2 Å². The number of nitrogens with zero attached hydrogens (tertiary/aromatic N) is 1. The van der Waals surface area contributed by atoms with E-state index in [1.165, 1.54) is 0 Å². The topological polar surface area (TPSA) is 65.1 Å². The molecule has 0 unspecified atom stereocenters. The van der Waals surface area contributed by atoms with Crippen LogP contribution < -0.4 is 5.73 Å². The lowest BCUT2D eigenvalue weighted by atomic mass is 10.2. The standard InChI is InChI=1S/C12H16N2O2S/c1-2-17(15,16)8-7-14-6-5-10-3-4-11(13)9-12(10)14/h3-6,9H,2,7-8,13H2,1H3. The SMILES string of the molecule is CCS(=O)(=O)CCn1ccc2ccc(N)cc21. The molecule has 4 nitrogen and oxygen atoms in total. The fourth-order valence-electron chi connectivity index (χ4n) is 1.78. The highest BCUT2D eigenvalue weighted by molar-refractivity contribution is 7.91. The van der Waals surface area contributed by atoms with Crippen molar-refractivity contribution in [1.29, 1.82) is 0 Å². The lowest BCUT2D eigenvalue weighted by Gasteiger charge is -2.06. The van der Waals surface area contributed by atoms with Gasteiger partial charge < -0.3 is 10.3 Å². The van der Waals surface area contributed by atoms with Gasteiger partial charge in [0.25, 0.3) is 0 Å². The highest BCUT2D eigenvalue weighted by atomic mass is 32.2. The predicted octanol–water partition coefficient (Wildman–Crippen LogP) is 1.66. The van der Waals surface area contributed by atoms with Crippen molar-refractivity contribution in [2.75, 3.05) is 17.2 Å². The summed E-state index contributed by atoms with van der Waals surface area (Å²) in [5.41, 5.74) is 7.40. The Labute approximate surface area is 101 Å². The smallest absolute Gasteiger partial charge is 0.151 e. The number of rotatable bonds is 4. The molecule has 0 amide bonds. The Morgan fingerprint density at radius 3 is 2.76 bits per heavy atom. The third-order valence-electron chi connectivity index (χ3n) is 2.88. The number of benzene rings is 1. The van der Waals surface area contributed by atoms with Gasteiger partial charge in [-0.25, -0.2) is 8.42 Å². The van der Waals surface area contributed by atoms with Crippen LogP contribution in [0, 0.1) is 0 Å². The summed E-state index contributed by atoms with van der Waals surface area (Å²) in [6.07, 6.45) is 1.90. The minimum absolute atomic E-state index is 0.169. The van der Waals surface area contributed by atoms with Crippen LogP contribution in [0.15, 0.2) is 30.5 Å². The van der Waals surface area contributed by atoms with Crippen molar-refractivity contribution < 1.29 is 8.42 Å². The molecule has 17 heavy (non-hydrogen) atoms. The molecule has 2 N–H and O–H groups in total. The minimum Gasteiger partial charge on any atom is -0.399 e. The Balaban J connectivity index is 2.28. The van der Waals surface area contributed by atoms with Gasteiger partial charge in [0.05, 0.1) is 11.3 Å². The molecular weight excluding hydrogens is 236 g/mol. The van der Waals surface area contributed by atoms with Crippen LogP contribution in [0.2, 0.25) is 0 Å². The number of aryl methyl sites for hydroxylation is 1. The number of fused-ring (bicyclic) bond motifs is 1. The summed E-state index contributed by atoms with van der Waals surface area (Å²) in [6, 6.07) is 7.62. The van der Waals surface area contributed by atoms with Gasteiger partial charge in [0.2, 0.25) is 0 Å². The number of nitrogen functional groups attached to an aromatic ring is 1. The van der Waals surface area contributed by atoms with Crippen LogP contribution in [0.5, 0.6) is 0 Å². The molecule has 5 heteroatoms. The van der Waals surface area contributed by atoms with Gasteiger partial charge in [0.15, 0.2) is 9.84 Å². The molecule has 0 saturated carbocycles. The summed E-state index contributed by atoms with van der Waals surface area (Å²) < 4.78 is 24.8. The molecule has 0 radical (unpaired) electrons. The van der Waals surface area contributed by atoms with E-state index in [4.69, 9.17) is 5.73 Å². The monoisotopic (exact) mass is 252 g/mol. The average molecular weight is 252 g/mol. The second-order valence-electron chi connectivity index (χ2n) is 4.06. The molecule has 0 aliphatic heterocycles. The molecule has 0 fully saturated rings. The van der Waals surface area contributed by atoms with E-state index in [1.54, 1.807) is 6.92 Å². The van der Waals surface area contributed by atoms with Crippen molar-refractivity contribution in [3.8, 4) is 0 Å². The number of sulfone groups is 1. The van der Waals surface area contributed by atoms with Gasteiger partial charge in [-0.15, -0.1) is 0 Å². The van der Waals surface area contributed by atoms with E-state index in [0.717, 1.165) is 10.9 Å². The minimum atomic E-state index is -2.93. The van der Waals surface area contributed by atoms with Crippen LogP contribution in [0.25, 0.3) is 10.9 Å². The van der Waals surface area contributed by atoms with Crippen LogP contribution in [0.1, 0.15) is 6.92 Å². The van der Waals surface area contributed by atoms with Crippen molar-refractivity contribution in [1.82, 2.24) is 4.57 Å². The van der Waals surface area contributed by atoms with E-state index < -0.39 is 9.84 Å². The molecule has 0 aliphatic carbocycles. The molecule has 0 saturated heterocycles. The molecule has 1 aromatic carbocycles. The summed E-state index contributed by atoms with van der Waals surface area (Å²) in [7, 11) is -2.93. The first-order chi connectivity index (χ1) is 8.02. The van der Waals surface area contributed by atoms with Gasteiger partial charge in [-0.1, -0.05) is 13.0 Å². The third kappa shape index (κ3) is 2.61. The fourth-order valence-corrected chi connectivity index (χ4v) is 2.54. The number of nitrogens with two attached hydrogens (primary N) is 1. The van der Waals surface area contributed by atoms with Crippen molar-refractivity contribution >= 4 is 26.4 Å². The van der Waals surface area contributed by atoms with Gasteiger partial charge in [-0.05, 0) is 23.6 Å². The first kappa shape index (κ1) is 12.0. The van der Waals surface area contributed by atoms with E-state index in [-0.39, 0.29) is 11.5 Å². The second-order valence-corrected chi connectivity index (χ2v) is 6.54. The van der Waals surface area contributed by atoms with Gasteiger partial charge >= 0.3 is 0 Å². The largest absolute Gasteiger partial charge is 0.399 e. The van der Waals surface area contributed by atoms with Crippen molar-refractivity contribution in [2.45, 2.75) is 13.5 Å². The Morgan fingerprint density at radius 1 is 1.29 bits per heavy atom. The number of hydrogen-bond acceptors (Lipinski definition) is 3. The Kier molecular flexibility index (Phi) is 3.11. The number of anilines is 1. The maximum Gasteiger partial charge on any atom is 0.151 e. The quantitative estimate of drug-likeness (QED) is 0.842. The van der Waals surface area contributed by atoms with Crippen molar-refractivity contribution in [3.05, 3.63) is 30.5 Å². The molecule has 0 bridgehead atoms. The van der Waals surface area contributed by atoms with Crippen molar-refractivity contribution in [3.63, 3.8) is 0 Å². The molecule has 92 valence electrons. The van der Waals surface area contributed by atoms with Gasteiger partial charge in [0.1, 0.15) is 0 Å². The zero-order valence-electron chi connectivity index (χ0n) is 9.76. The molecule has 2 rings (SSSR count). The molecule has 1 heterocycles. The first-order valence-electron chi connectivity index (χ1n) is 5.56. The summed E-state index contributed by atoms with van der Waals surface area (Å²) >= 11 is 0. The lowest BCUT2D eigenvalue weighted by molar-refractivity contribution is 0.591. The van der Waals surface area contributed by atoms with E-state index in [2.05, 4.69) is 0 Å². The fraction of sp³-hybridized carbons (Fsp3) is 0.333. The molecule has 0 aliphatic rings. The third-order valence-corrected chi connectivity index (χ3v) is 4.57. The van der Waals surface area contributed by atoms with Crippen LogP contribution in [0.3, 0.4) is 0 Å². The maximum absolute atomic E-state index is 11.5. The van der Waals surface area contributed by atoms with E-state index >= 15 is 0 Å². The Bertz CT molecular complexity index is 629. The van der Waals surface area contributed by atoms with E-state index in [9.17, 15) is 8.42 Å². The zero-order valence-corrected chi connectivity index (χ0v) is 10.6. The Hall–Kier alpha value is -1.49. The maximum atomic E-state index is 11.5. The van der Waals surface area contributed by atoms with Gasteiger partial charge in [-0.2, -0.15) is 0 Å². The van der Waals surface area contributed by atoms with Gasteiger partial charge in [0, 0.05) is 24.2 Å². The van der Waals surface area contributed by atoms with Crippen molar-refractivity contribution in [2.24, 2.45) is 0 Å². The van der Waals surface area contributed by atoms with Crippen LogP contribution in [-0.2, 0) is 16.4 Å². The normalized spacial score (nSPS) is 12.1. The average Bonchev–Trinajstić information content (AvgIpc) is 2.69. The summed E-state index contributed by atoms with van der Waals surface area (Å²) in [5, 5.41) is 1.08. The highest BCUT2D eigenvalue weighted by Crippen LogP contribution is 2.18. The summed E-state index contributed by atoms with van der Waals surface area (Å²) in [4.78, 5) is 0. The Morgan fingerprint density at radius 2 is 2.06 bits per heavy atom. The molecular formula is C12H16N2O2S. The van der Waals surface area contributed by atoms with Crippen LogP contribution in [-0.4, -0.2) is 24.5 Å².